The van der Waals surface area contributed by atoms with Gasteiger partial charge in [0.2, 0.25) is 0 Å². The smallest absolute Gasteiger partial charge is 0.408 e. The molecule has 3 aromatic heterocycles. The van der Waals surface area contributed by atoms with E-state index in [9.17, 15) is 9.59 Å². The van der Waals surface area contributed by atoms with E-state index in [2.05, 4.69) is 33.8 Å². The highest BCUT2D eigenvalue weighted by Crippen LogP contribution is 2.42. The van der Waals surface area contributed by atoms with Gasteiger partial charge in [0.05, 0.1) is 16.8 Å². The number of hydrogen-bond acceptors (Lipinski definition) is 9. The summed E-state index contributed by atoms with van der Waals surface area (Å²) in [6.45, 7) is 7.14. The Morgan fingerprint density at radius 1 is 1.02 bits per heavy atom. The normalized spacial score (nSPS) is 15.7. The predicted octanol–water partition coefficient (Wildman–Crippen LogP) is 7.29. The van der Waals surface area contributed by atoms with Crippen molar-refractivity contribution in [3.63, 3.8) is 0 Å². The number of carbonyl (C=O) groups excluding carboxylic acids is 2. The van der Waals surface area contributed by atoms with E-state index in [4.69, 9.17) is 25.2 Å². The summed E-state index contributed by atoms with van der Waals surface area (Å²) in [4.78, 5) is 37.1. The fourth-order valence-corrected chi connectivity index (χ4v) is 6.28. The van der Waals surface area contributed by atoms with E-state index in [1.54, 1.807) is 6.20 Å². The molecule has 5 aromatic rings. The minimum Gasteiger partial charge on any atom is -0.444 e. The largest absolute Gasteiger partial charge is 0.444 e. The van der Waals surface area contributed by atoms with Crippen LogP contribution in [-0.2, 0) is 19.8 Å². The number of anilines is 2. The van der Waals surface area contributed by atoms with Crippen molar-refractivity contribution in [2.45, 2.75) is 64.0 Å². The Hall–Kier alpha value is -5.29. The van der Waals surface area contributed by atoms with Crippen molar-refractivity contribution in [1.29, 1.82) is 0 Å². The van der Waals surface area contributed by atoms with E-state index in [-0.39, 0.29) is 5.92 Å². The van der Waals surface area contributed by atoms with Crippen molar-refractivity contribution < 1.29 is 19.1 Å². The first-order chi connectivity index (χ1) is 24.1. The van der Waals surface area contributed by atoms with Crippen LogP contribution in [-0.4, -0.2) is 57.8 Å². The van der Waals surface area contributed by atoms with Gasteiger partial charge in [0.1, 0.15) is 23.2 Å². The summed E-state index contributed by atoms with van der Waals surface area (Å²) < 4.78 is 12.6. The summed E-state index contributed by atoms with van der Waals surface area (Å²) in [7, 11) is 1.90. The predicted molar refractivity (Wildman–Crippen MR) is 196 cm³/mol. The Bertz CT molecular complexity index is 1960. The maximum atomic E-state index is 12.7. The molecule has 1 saturated heterocycles. The molecule has 11 nitrogen and oxygen atoms in total. The molecule has 2 aromatic carbocycles. The van der Waals surface area contributed by atoms with Gasteiger partial charge in [-0.05, 0) is 107 Å². The van der Waals surface area contributed by atoms with Gasteiger partial charge in [0.25, 0.3) is 0 Å². The minimum atomic E-state index is -0.563. The van der Waals surface area contributed by atoms with E-state index < -0.39 is 17.2 Å². The van der Waals surface area contributed by atoms with Gasteiger partial charge in [-0.25, -0.2) is 19.7 Å². The molecule has 4 heterocycles. The highest BCUT2D eigenvalue weighted by atomic mass is 16.6. The van der Waals surface area contributed by atoms with Crippen molar-refractivity contribution in [3.8, 4) is 28.3 Å². The molecule has 2 fully saturated rings. The van der Waals surface area contributed by atoms with Crippen molar-refractivity contribution in [3.05, 3.63) is 84.6 Å². The average Bonchev–Trinajstić information content (AvgIpc) is 3.48. The van der Waals surface area contributed by atoms with Crippen LogP contribution < -0.4 is 16.4 Å². The Kier molecular flexibility index (Phi) is 10.1. The number of rotatable bonds is 7. The molecule has 1 aliphatic carbocycles. The second-order valence-corrected chi connectivity index (χ2v) is 13.8. The highest BCUT2D eigenvalue weighted by Gasteiger charge is 2.41. The summed E-state index contributed by atoms with van der Waals surface area (Å²) in [5.41, 5.74) is 12.2. The molecule has 260 valence electrons. The number of carbonyl (C=O) groups is 2. The van der Waals surface area contributed by atoms with Gasteiger partial charge < -0.3 is 30.6 Å². The first-order valence-corrected chi connectivity index (χ1v) is 17.1. The van der Waals surface area contributed by atoms with Gasteiger partial charge in [-0.1, -0.05) is 24.3 Å². The molecule has 1 aliphatic heterocycles. The number of fused-ring (bicyclic) bond motifs is 1. The Balaban J connectivity index is 0.000000477. The Morgan fingerprint density at radius 2 is 1.78 bits per heavy atom. The third-order valence-corrected chi connectivity index (χ3v) is 9.11. The molecule has 11 heteroatoms. The van der Waals surface area contributed by atoms with Crippen LogP contribution in [0.5, 0.6) is 0 Å². The number of ether oxygens (including phenoxy) is 2. The molecule has 2 aliphatic rings. The number of nitrogens with zero attached hydrogens (tertiary/aromatic N) is 4. The molecule has 7 rings (SSSR count). The number of benzene rings is 2. The van der Waals surface area contributed by atoms with Gasteiger partial charge >= 0.3 is 6.09 Å². The summed E-state index contributed by atoms with van der Waals surface area (Å²) in [5.74, 6) is 1.33. The lowest BCUT2D eigenvalue weighted by atomic mass is 9.72. The fraction of sp³-hybridized carbons (Fsp3) is 0.359. The number of imidazole rings is 1. The molecular formula is C39H45N7O4. The first kappa shape index (κ1) is 34.6. The monoisotopic (exact) mass is 675 g/mol. The summed E-state index contributed by atoms with van der Waals surface area (Å²) in [5, 5.41) is 6.34. The molecular weight excluding hydrogens is 630 g/mol. The molecule has 1 amide bonds. The third kappa shape index (κ3) is 7.63. The lowest BCUT2D eigenvalue weighted by Crippen LogP contribution is -2.52. The highest BCUT2D eigenvalue weighted by molar-refractivity contribution is 5.85. The molecule has 4 N–H and O–H groups in total. The second kappa shape index (κ2) is 14.7. The standard InChI is InChI=1S/C33H35N7O2.C6H10O2/c1-32(2,3)42-31(41)39-33(17-7-18-33)22-11-13-24(14-12-22)40-29(25-10-6-19-36-28(25)34)38-27-16-15-26(37-30(27)40)21-8-5-9-23(20-21)35-4;7-5-6-1-3-8-4-2-6/h5-6,8-16,19-20,35H,7,17-18H2,1-4H3,(H2,34,36)(H,39,41);5-6H,1-4H2. The van der Waals surface area contributed by atoms with E-state index in [1.165, 1.54) is 0 Å². The summed E-state index contributed by atoms with van der Waals surface area (Å²) in [6, 6.07) is 24.1. The molecule has 0 unspecified atom stereocenters. The minimum absolute atomic E-state index is 0.281. The Morgan fingerprint density at radius 3 is 2.40 bits per heavy atom. The van der Waals surface area contributed by atoms with Crippen molar-refractivity contribution in [2.24, 2.45) is 5.92 Å². The number of alkyl carbamates (subject to hydrolysis) is 1. The molecule has 0 spiro atoms. The van der Waals surface area contributed by atoms with Crippen LogP contribution in [0, 0.1) is 5.92 Å². The summed E-state index contributed by atoms with van der Waals surface area (Å²) in [6.07, 6.45) is 6.88. The van der Waals surface area contributed by atoms with Gasteiger partial charge in [-0.15, -0.1) is 0 Å². The van der Waals surface area contributed by atoms with E-state index in [0.29, 0.717) is 17.3 Å². The van der Waals surface area contributed by atoms with E-state index in [1.807, 2.05) is 87.0 Å². The second-order valence-electron chi connectivity index (χ2n) is 13.8. The third-order valence-electron chi connectivity index (χ3n) is 9.11. The number of nitrogens with two attached hydrogens (primary N) is 1. The van der Waals surface area contributed by atoms with E-state index >= 15 is 0 Å². The van der Waals surface area contributed by atoms with Gasteiger partial charge in [-0.3, -0.25) is 4.57 Å². The maximum absolute atomic E-state index is 12.7. The zero-order valence-corrected chi connectivity index (χ0v) is 29.1. The average molecular weight is 676 g/mol. The van der Waals surface area contributed by atoms with Crippen molar-refractivity contribution >= 4 is 35.0 Å². The quantitative estimate of drug-likeness (QED) is 0.151. The van der Waals surface area contributed by atoms with Crippen LogP contribution in [0.25, 0.3) is 39.5 Å². The topological polar surface area (TPSA) is 146 Å². The zero-order chi connectivity index (χ0) is 35.3. The number of amides is 1. The molecule has 0 radical (unpaired) electrons. The summed E-state index contributed by atoms with van der Waals surface area (Å²) >= 11 is 0. The van der Waals surface area contributed by atoms with Gasteiger partial charge in [0.15, 0.2) is 11.5 Å². The van der Waals surface area contributed by atoms with Gasteiger partial charge in [0, 0.05) is 49.3 Å². The number of aromatic nitrogens is 4. The van der Waals surface area contributed by atoms with Crippen molar-refractivity contribution in [1.82, 2.24) is 24.8 Å². The maximum Gasteiger partial charge on any atom is 0.408 e. The number of pyridine rings is 2. The van der Waals surface area contributed by atoms with Crippen LogP contribution in [0.3, 0.4) is 0 Å². The van der Waals surface area contributed by atoms with Crippen molar-refractivity contribution in [2.75, 3.05) is 31.3 Å². The zero-order valence-electron chi connectivity index (χ0n) is 29.1. The molecule has 50 heavy (non-hydrogen) atoms. The van der Waals surface area contributed by atoms with Crippen LogP contribution in [0.15, 0.2) is 79.0 Å². The van der Waals surface area contributed by atoms with Crippen LogP contribution in [0.4, 0.5) is 16.3 Å². The number of hydrogen-bond donors (Lipinski definition) is 3. The fourth-order valence-electron chi connectivity index (χ4n) is 6.28. The molecule has 1 saturated carbocycles. The molecule has 0 atom stereocenters. The SMILES string of the molecule is CNc1cccc(-c2ccc3nc(-c4cccnc4N)n(-c4ccc(C5(NC(=O)OC(C)(C)C)CCC5)cc4)c3n2)c1.O=CC1CCOCC1. The number of nitrogen functional groups attached to an aromatic ring is 1. The van der Waals surface area contributed by atoms with Crippen LogP contribution >= 0.6 is 0 Å². The Labute approximate surface area is 292 Å². The van der Waals surface area contributed by atoms with Crippen LogP contribution in [0.1, 0.15) is 58.4 Å². The van der Waals surface area contributed by atoms with E-state index in [0.717, 1.165) is 90.9 Å². The lowest BCUT2D eigenvalue weighted by molar-refractivity contribution is -0.113. The van der Waals surface area contributed by atoms with Gasteiger partial charge in [-0.2, -0.15) is 0 Å². The number of nitrogens with one attached hydrogen (secondary N) is 2. The number of aldehydes is 1. The van der Waals surface area contributed by atoms with Crippen LogP contribution in [0.2, 0.25) is 0 Å². The lowest BCUT2D eigenvalue weighted by Gasteiger charge is -2.43. The molecule has 0 bridgehead atoms. The first-order valence-electron chi connectivity index (χ1n) is 17.1.